The first kappa shape index (κ1) is 30.0. The van der Waals surface area contributed by atoms with Crippen LogP contribution in [0.4, 0.5) is 10.6 Å². The minimum Gasteiger partial charge on any atom is -0.488 e. The minimum absolute atomic E-state index is 0.107. The standard InChI is InChI=1S/C36H43N3O5/c1-23-10-13-31(29(18-23)30-8-7-9-32(37-30)39-20-27-19-36(27,22-39)33(40)42-6)43-21-26-12-11-25-14-16-38(17-15-28(25)24(26)2)34(41)44-35(3,4)5/h7-13,18,27H,14-17,19-22H2,1-6H3/t27-,36-/m0/s1. The van der Waals surface area contributed by atoms with Crippen LogP contribution in [0.15, 0.2) is 48.5 Å². The zero-order valence-electron chi connectivity index (χ0n) is 26.7. The first-order valence-corrected chi connectivity index (χ1v) is 15.6. The third kappa shape index (κ3) is 5.86. The lowest BCUT2D eigenvalue weighted by atomic mass is 9.94. The number of carbonyl (C=O) groups is 2. The number of pyridine rings is 1. The summed E-state index contributed by atoms with van der Waals surface area (Å²) in [5.41, 5.74) is 6.96. The molecule has 1 saturated heterocycles. The number of aryl methyl sites for hydroxylation is 1. The van der Waals surface area contributed by atoms with Crippen LogP contribution in [-0.4, -0.2) is 60.8 Å². The van der Waals surface area contributed by atoms with Gasteiger partial charge >= 0.3 is 12.1 Å². The van der Waals surface area contributed by atoms with E-state index in [-0.39, 0.29) is 17.5 Å². The second-order valence-electron chi connectivity index (χ2n) is 13.6. The second kappa shape index (κ2) is 11.5. The lowest BCUT2D eigenvalue weighted by molar-refractivity contribution is -0.146. The first-order valence-electron chi connectivity index (χ1n) is 15.6. The normalized spacial score (nSPS) is 20.8. The Hall–Kier alpha value is -4.07. The van der Waals surface area contributed by atoms with Crippen molar-refractivity contribution in [2.24, 2.45) is 11.3 Å². The van der Waals surface area contributed by atoms with E-state index in [2.05, 4.69) is 43.0 Å². The van der Waals surface area contributed by atoms with Gasteiger partial charge in [0.25, 0.3) is 0 Å². The average molecular weight is 598 g/mol. The summed E-state index contributed by atoms with van der Waals surface area (Å²) in [6, 6.07) is 16.6. The minimum atomic E-state index is -0.510. The number of esters is 1. The fraction of sp³-hybridized carbons (Fsp3) is 0.472. The maximum absolute atomic E-state index is 12.7. The first-order chi connectivity index (χ1) is 21.0. The Morgan fingerprint density at radius 3 is 2.61 bits per heavy atom. The third-order valence-electron chi connectivity index (χ3n) is 9.33. The monoisotopic (exact) mass is 597 g/mol. The Morgan fingerprint density at radius 1 is 1.05 bits per heavy atom. The van der Waals surface area contributed by atoms with Gasteiger partial charge in [-0.15, -0.1) is 0 Å². The van der Waals surface area contributed by atoms with Gasteiger partial charge in [0.1, 0.15) is 23.8 Å². The highest BCUT2D eigenvalue weighted by atomic mass is 16.6. The van der Waals surface area contributed by atoms with E-state index >= 15 is 0 Å². The van der Waals surface area contributed by atoms with Crippen molar-refractivity contribution in [2.75, 3.05) is 38.2 Å². The van der Waals surface area contributed by atoms with Crippen molar-refractivity contribution in [3.63, 3.8) is 0 Å². The molecule has 0 unspecified atom stereocenters. The molecule has 2 aliphatic heterocycles. The molecule has 3 aromatic rings. The summed E-state index contributed by atoms with van der Waals surface area (Å²) in [6.07, 6.45) is 2.24. The van der Waals surface area contributed by atoms with Gasteiger partial charge in [-0.25, -0.2) is 9.78 Å². The molecule has 6 rings (SSSR count). The Balaban J connectivity index is 1.18. The van der Waals surface area contributed by atoms with E-state index in [9.17, 15) is 9.59 Å². The van der Waals surface area contributed by atoms with Crippen molar-refractivity contribution in [1.82, 2.24) is 9.88 Å². The quantitative estimate of drug-likeness (QED) is 0.310. The molecule has 232 valence electrons. The van der Waals surface area contributed by atoms with Gasteiger partial charge in [0.05, 0.1) is 18.2 Å². The number of aromatic nitrogens is 1. The van der Waals surface area contributed by atoms with Crippen LogP contribution >= 0.6 is 0 Å². The number of anilines is 1. The largest absolute Gasteiger partial charge is 0.488 e. The molecule has 3 aliphatic rings. The topological polar surface area (TPSA) is 81.2 Å². The van der Waals surface area contributed by atoms with Gasteiger partial charge in [-0.3, -0.25) is 4.79 Å². The maximum atomic E-state index is 12.7. The SMILES string of the molecule is COC(=O)[C@]12C[C@H]1CN(c1cccc(-c3cc(C)ccc3OCc3ccc4c(c3C)CCN(C(=O)OC(C)(C)C)CC4)n1)C2. The second-order valence-corrected chi connectivity index (χ2v) is 13.6. The molecule has 2 atom stereocenters. The molecular formula is C36H43N3O5. The molecule has 2 fully saturated rings. The van der Waals surface area contributed by atoms with E-state index in [1.165, 1.54) is 23.8 Å². The average Bonchev–Trinajstić information content (AvgIpc) is 3.64. The van der Waals surface area contributed by atoms with Gasteiger partial charge in [0.15, 0.2) is 0 Å². The number of benzene rings is 2. The van der Waals surface area contributed by atoms with Crippen molar-refractivity contribution >= 4 is 17.9 Å². The van der Waals surface area contributed by atoms with Crippen molar-refractivity contribution in [1.29, 1.82) is 0 Å². The fourth-order valence-electron chi connectivity index (χ4n) is 6.78. The lowest BCUT2D eigenvalue weighted by Crippen LogP contribution is -2.38. The highest BCUT2D eigenvalue weighted by Gasteiger charge is 2.66. The Labute approximate surface area is 260 Å². The van der Waals surface area contributed by atoms with Gasteiger partial charge in [-0.05, 0) is 106 Å². The number of ether oxygens (including phenoxy) is 3. The summed E-state index contributed by atoms with van der Waals surface area (Å²) < 4.78 is 17.2. The number of hydrogen-bond acceptors (Lipinski definition) is 7. The van der Waals surface area contributed by atoms with E-state index in [4.69, 9.17) is 19.2 Å². The van der Waals surface area contributed by atoms with Crippen molar-refractivity contribution in [2.45, 2.75) is 66.1 Å². The zero-order valence-corrected chi connectivity index (χ0v) is 26.7. The van der Waals surface area contributed by atoms with Crippen LogP contribution in [0.1, 0.15) is 55.0 Å². The highest BCUT2D eigenvalue weighted by molar-refractivity contribution is 5.83. The molecule has 44 heavy (non-hydrogen) atoms. The molecule has 1 aliphatic carbocycles. The molecule has 3 heterocycles. The number of carbonyl (C=O) groups excluding carboxylic acids is 2. The van der Waals surface area contributed by atoms with Gasteiger partial charge in [-0.2, -0.15) is 0 Å². The van der Waals surface area contributed by atoms with Gasteiger partial charge in [0, 0.05) is 31.7 Å². The van der Waals surface area contributed by atoms with E-state index in [0.717, 1.165) is 59.8 Å². The van der Waals surface area contributed by atoms with E-state index in [1.54, 1.807) is 0 Å². The summed E-state index contributed by atoms with van der Waals surface area (Å²) in [4.78, 5) is 34.2. The van der Waals surface area contributed by atoms with Crippen LogP contribution < -0.4 is 9.64 Å². The summed E-state index contributed by atoms with van der Waals surface area (Å²) >= 11 is 0. The number of piperidine rings is 1. The zero-order chi connectivity index (χ0) is 31.2. The molecule has 8 heteroatoms. The molecule has 1 saturated carbocycles. The summed E-state index contributed by atoms with van der Waals surface area (Å²) in [6.45, 7) is 13.1. The van der Waals surface area contributed by atoms with E-state index in [0.29, 0.717) is 32.2 Å². The van der Waals surface area contributed by atoms with Crippen LogP contribution in [0.2, 0.25) is 0 Å². The molecule has 1 amide bonds. The Bertz CT molecular complexity index is 1600. The molecule has 8 nitrogen and oxygen atoms in total. The van der Waals surface area contributed by atoms with Crippen LogP contribution in [-0.2, 0) is 33.7 Å². The van der Waals surface area contributed by atoms with Gasteiger partial charge in [-0.1, -0.05) is 29.8 Å². The fourth-order valence-corrected chi connectivity index (χ4v) is 6.78. The smallest absolute Gasteiger partial charge is 0.410 e. The molecular weight excluding hydrogens is 554 g/mol. The molecule has 2 aromatic carbocycles. The van der Waals surface area contributed by atoms with Crippen molar-refractivity contribution in [3.05, 3.63) is 76.3 Å². The van der Waals surface area contributed by atoms with Crippen LogP contribution in [0.25, 0.3) is 11.3 Å². The molecule has 0 N–H and O–H groups in total. The van der Waals surface area contributed by atoms with E-state index in [1.807, 2.05) is 49.9 Å². The number of amides is 1. The summed E-state index contributed by atoms with van der Waals surface area (Å²) in [5, 5.41) is 0. The van der Waals surface area contributed by atoms with Crippen LogP contribution in [0.5, 0.6) is 5.75 Å². The van der Waals surface area contributed by atoms with Crippen LogP contribution in [0, 0.1) is 25.2 Å². The number of hydrogen-bond donors (Lipinski definition) is 0. The highest BCUT2D eigenvalue weighted by Crippen LogP contribution is 2.59. The number of nitrogens with zero attached hydrogens (tertiary/aromatic N) is 3. The number of methoxy groups -OCH3 is 1. The predicted octanol–water partition coefficient (Wildman–Crippen LogP) is 6.28. The maximum Gasteiger partial charge on any atom is 0.410 e. The van der Waals surface area contributed by atoms with Gasteiger partial charge in [0.2, 0.25) is 0 Å². The Kier molecular flexibility index (Phi) is 7.80. The van der Waals surface area contributed by atoms with Crippen LogP contribution in [0.3, 0.4) is 0 Å². The van der Waals surface area contributed by atoms with Crippen molar-refractivity contribution < 1.29 is 23.8 Å². The molecule has 0 spiro atoms. The molecule has 0 bridgehead atoms. The van der Waals surface area contributed by atoms with E-state index < -0.39 is 5.60 Å². The molecule has 0 radical (unpaired) electrons. The predicted molar refractivity (Wildman–Crippen MR) is 170 cm³/mol. The Morgan fingerprint density at radius 2 is 1.84 bits per heavy atom. The van der Waals surface area contributed by atoms with Crippen molar-refractivity contribution in [3.8, 4) is 17.0 Å². The number of rotatable bonds is 6. The van der Waals surface area contributed by atoms with Gasteiger partial charge < -0.3 is 24.0 Å². The summed E-state index contributed by atoms with van der Waals surface area (Å²) in [5.74, 6) is 1.88. The lowest BCUT2D eigenvalue weighted by Gasteiger charge is -2.26. The number of fused-ring (bicyclic) bond motifs is 2. The summed E-state index contributed by atoms with van der Waals surface area (Å²) in [7, 11) is 1.47. The third-order valence-corrected chi connectivity index (χ3v) is 9.33. The molecule has 1 aromatic heterocycles.